The number of rotatable bonds is 5. The number of likely N-dealkylation sites (tertiary alicyclic amines) is 1. The van der Waals surface area contributed by atoms with Crippen LogP contribution in [0, 0.1) is 5.82 Å². The lowest BCUT2D eigenvalue weighted by atomic mass is 10.1. The van der Waals surface area contributed by atoms with Gasteiger partial charge in [0.15, 0.2) is 12.1 Å². The van der Waals surface area contributed by atoms with Crippen LogP contribution < -0.4 is 10.0 Å². The SMILES string of the molecule is CCNC(=O)C(=O)N1CCC(NS(=O)(=O)c2cn(C)c(C=O)c2F)CC1. The van der Waals surface area contributed by atoms with Gasteiger partial charge in [0, 0.05) is 38.9 Å². The van der Waals surface area contributed by atoms with Crippen molar-refractivity contribution >= 4 is 28.1 Å². The summed E-state index contributed by atoms with van der Waals surface area (Å²) in [6, 6.07) is -0.502. The predicted molar refractivity (Wildman–Crippen MR) is 89.4 cm³/mol. The number of carbonyl (C=O) groups is 3. The van der Waals surface area contributed by atoms with Crippen molar-refractivity contribution in [2.75, 3.05) is 19.6 Å². The van der Waals surface area contributed by atoms with E-state index >= 15 is 0 Å². The summed E-state index contributed by atoms with van der Waals surface area (Å²) in [5, 5.41) is 2.42. The lowest BCUT2D eigenvalue weighted by Crippen LogP contribution is -2.50. The summed E-state index contributed by atoms with van der Waals surface area (Å²) in [6.07, 6.45) is 1.87. The number of carbonyl (C=O) groups excluding carboxylic acids is 3. The van der Waals surface area contributed by atoms with Crippen LogP contribution in [0.25, 0.3) is 0 Å². The van der Waals surface area contributed by atoms with Crippen LogP contribution in [0.15, 0.2) is 11.1 Å². The van der Waals surface area contributed by atoms with Crippen molar-refractivity contribution in [2.45, 2.75) is 30.7 Å². The molecule has 26 heavy (non-hydrogen) atoms. The Morgan fingerprint density at radius 3 is 2.46 bits per heavy atom. The van der Waals surface area contributed by atoms with Gasteiger partial charge in [-0.25, -0.2) is 17.5 Å². The van der Waals surface area contributed by atoms with Crippen molar-refractivity contribution in [3.05, 3.63) is 17.7 Å². The Balaban J connectivity index is 2.02. The van der Waals surface area contributed by atoms with E-state index in [4.69, 9.17) is 0 Å². The Kier molecular flexibility index (Phi) is 6.13. The van der Waals surface area contributed by atoms with Gasteiger partial charge in [0.05, 0.1) is 0 Å². The summed E-state index contributed by atoms with van der Waals surface area (Å²) >= 11 is 0. The molecule has 1 saturated heterocycles. The molecule has 0 aromatic carbocycles. The van der Waals surface area contributed by atoms with Crippen molar-refractivity contribution in [2.24, 2.45) is 7.05 Å². The molecule has 9 nitrogen and oxygen atoms in total. The second-order valence-corrected chi connectivity index (χ2v) is 7.65. The second kappa shape index (κ2) is 7.96. The summed E-state index contributed by atoms with van der Waals surface area (Å²) in [7, 11) is -2.78. The van der Waals surface area contributed by atoms with E-state index in [0.717, 1.165) is 10.8 Å². The van der Waals surface area contributed by atoms with E-state index in [1.54, 1.807) is 6.92 Å². The van der Waals surface area contributed by atoms with E-state index in [1.807, 2.05) is 0 Å². The molecular weight excluding hydrogens is 367 g/mol. The fourth-order valence-corrected chi connectivity index (χ4v) is 4.21. The smallest absolute Gasteiger partial charge is 0.311 e. The zero-order valence-electron chi connectivity index (χ0n) is 14.5. The molecule has 1 aromatic heterocycles. The average molecular weight is 388 g/mol. The predicted octanol–water partition coefficient (Wildman–Crippen LogP) is -0.618. The summed E-state index contributed by atoms with van der Waals surface area (Å²) in [5.41, 5.74) is -0.354. The number of nitrogens with one attached hydrogen (secondary N) is 2. The maximum Gasteiger partial charge on any atom is 0.311 e. The second-order valence-electron chi connectivity index (χ2n) is 5.97. The highest BCUT2D eigenvalue weighted by molar-refractivity contribution is 7.89. The van der Waals surface area contributed by atoms with Crippen LogP contribution in [0.4, 0.5) is 4.39 Å². The van der Waals surface area contributed by atoms with Gasteiger partial charge >= 0.3 is 11.8 Å². The Hall–Kier alpha value is -2.27. The molecule has 2 rings (SSSR count). The molecule has 11 heteroatoms. The van der Waals surface area contributed by atoms with Crippen LogP contribution in [0.5, 0.6) is 0 Å². The number of likely N-dealkylation sites (N-methyl/N-ethyl adjacent to an activating group) is 1. The van der Waals surface area contributed by atoms with Gasteiger partial charge in [-0.3, -0.25) is 14.4 Å². The molecular formula is C15H21FN4O5S. The first-order valence-corrected chi connectivity index (χ1v) is 9.59. The summed E-state index contributed by atoms with van der Waals surface area (Å²) < 4.78 is 42.4. The molecule has 0 atom stereocenters. The zero-order chi connectivity index (χ0) is 19.5. The molecule has 0 spiro atoms. The van der Waals surface area contributed by atoms with Gasteiger partial charge < -0.3 is 14.8 Å². The number of nitrogens with zero attached hydrogens (tertiary/aromatic N) is 2. The van der Waals surface area contributed by atoms with Gasteiger partial charge in [0.2, 0.25) is 10.0 Å². The van der Waals surface area contributed by atoms with E-state index in [9.17, 15) is 27.2 Å². The Morgan fingerprint density at radius 2 is 1.96 bits per heavy atom. The average Bonchev–Trinajstić information content (AvgIpc) is 2.89. The molecule has 2 amide bonds. The highest BCUT2D eigenvalue weighted by atomic mass is 32.2. The van der Waals surface area contributed by atoms with Gasteiger partial charge in [0.25, 0.3) is 0 Å². The highest BCUT2D eigenvalue weighted by Crippen LogP contribution is 2.20. The number of amides is 2. The fourth-order valence-electron chi connectivity index (χ4n) is 2.77. The van der Waals surface area contributed by atoms with Crippen molar-refractivity contribution < 1.29 is 27.2 Å². The molecule has 144 valence electrons. The molecule has 1 aromatic rings. The third-order valence-corrected chi connectivity index (χ3v) is 5.68. The lowest BCUT2D eigenvalue weighted by Gasteiger charge is -2.31. The van der Waals surface area contributed by atoms with E-state index in [2.05, 4.69) is 10.0 Å². The number of aryl methyl sites for hydroxylation is 1. The van der Waals surface area contributed by atoms with Crippen LogP contribution in [0.1, 0.15) is 30.3 Å². The maximum atomic E-state index is 14.1. The van der Waals surface area contributed by atoms with Gasteiger partial charge in [-0.15, -0.1) is 0 Å². The molecule has 2 heterocycles. The molecule has 1 aliphatic rings. The highest BCUT2D eigenvalue weighted by Gasteiger charge is 2.31. The quantitative estimate of drug-likeness (QED) is 0.515. The molecule has 0 unspecified atom stereocenters. The zero-order valence-corrected chi connectivity index (χ0v) is 15.3. The van der Waals surface area contributed by atoms with Crippen LogP contribution in [-0.2, 0) is 26.7 Å². The fraction of sp³-hybridized carbons (Fsp3) is 0.533. The summed E-state index contributed by atoms with van der Waals surface area (Å²) in [5.74, 6) is -2.45. The minimum atomic E-state index is -4.15. The molecule has 0 radical (unpaired) electrons. The molecule has 2 N–H and O–H groups in total. The number of aldehydes is 1. The third kappa shape index (κ3) is 4.10. The minimum absolute atomic E-state index is 0.208. The van der Waals surface area contributed by atoms with Crippen molar-refractivity contribution in [3.8, 4) is 0 Å². The number of hydrogen-bond donors (Lipinski definition) is 2. The molecule has 0 aliphatic carbocycles. The van der Waals surface area contributed by atoms with Gasteiger partial charge in [-0.2, -0.15) is 0 Å². The van der Waals surface area contributed by atoms with Crippen LogP contribution in [0.3, 0.4) is 0 Å². The lowest BCUT2D eigenvalue weighted by molar-refractivity contribution is -0.146. The first kappa shape index (κ1) is 20.0. The number of aromatic nitrogens is 1. The number of piperidine rings is 1. The van der Waals surface area contributed by atoms with Gasteiger partial charge in [-0.1, -0.05) is 0 Å². The van der Waals surface area contributed by atoms with Crippen molar-refractivity contribution in [1.29, 1.82) is 0 Å². The molecule has 1 aliphatic heterocycles. The Morgan fingerprint density at radius 1 is 1.35 bits per heavy atom. The first-order chi connectivity index (χ1) is 12.2. The first-order valence-electron chi connectivity index (χ1n) is 8.10. The monoisotopic (exact) mass is 388 g/mol. The number of sulfonamides is 1. The number of halogens is 1. The summed E-state index contributed by atoms with van der Waals surface area (Å²) in [4.78, 5) is 35.1. The third-order valence-electron chi connectivity index (χ3n) is 4.17. The number of hydrogen-bond acceptors (Lipinski definition) is 5. The largest absolute Gasteiger partial charge is 0.348 e. The minimum Gasteiger partial charge on any atom is -0.348 e. The standard InChI is InChI=1S/C15H21FN4O5S/c1-3-17-14(22)15(23)20-6-4-10(5-7-20)18-26(24,25)12-8-19(2)11(9-21)13(12)16/h8-10,18H,3-7H2,1-2H3,(H,17,22). The summed E-state index contributed by atoms with van der Waals surface area (Å²) in [6.45, 7) is 2.46. The maximum absolute atomic E-state index is 14.1. The Labute approximate surface area is 150 Å². The topological polar surface area (TPSA) is 118 Å². The van der Waals surface area contributed by atoms with Crippen LogP contribution in [0.2, 0.25) is 0 Å². The van der Waals surface area contributed by atoms with Crippen LogP contribution in [-0.4, -0.2) is 61.7 Å². The Bertz CT molecular complexity index is 812. The normalized spacial score (nSPS) is 15.7. The van der Waals surface area contributed by atoms with E-state index in [0.29, 0.717) is 19.4 Å². The van der Waals surface area contributed by atoms with Gasteiger partial charge in [-0.05, 0) is 19.8 Å². The van der Waals surface area contributed by atoms with E-state index in [-0.39, 0.29) is 25.1 Å². The van der Waals surface area contributed by atoms with Crippen molar-refractivity contribution in [3.63, 3.8) is 0 Å². The van der Waals surface area contributed by atoms with Crippen molar-refractivity contribution in [1.82, 2.24) is 19.5 Å². The van der Waals surface area contributed by atoms with Crippen LogP contribution >= 0.6 is 0 Å². The molecule has 0 saturated carbocycles. The molecule has 0 bridgehead atoms. The van der Waals surface area contributed by atoms with Gasteiger partial charge in [0.1, 0.15) is 10.6 Å². The van der Waals surface area contributed by atoms with E-state index in [1.165, 1.54) is 11.9 Å². The molecule has 1 fully saturated rings. The van der Waals surface area contributed by atoms with E-state index < -0.39 is 38.6 Å².